The number of aryl methyl sites for hydroxylation is 1. The van der Waals surface area contributed by atoms with Crippen LogP contribution in [0.4, 0.5) is 0 Å². The van der Waals surface area contributed by atoms with Crippen LogP contribution in [0.5, 0.6) is 5.75 Å². The molecule has 0 saturated carbocycles. The lowest BCUT2D eigenvalue weighted by Gasteiger charge is -2.23. The minimum absolute atomic E-state index is 0.290. The number of fused-ring (bicyclic) bond motifs is 1. The Hall–Kier alpha value is -3.41. The normalized spacial score (nSPS) is 11.3. The Bertz CT molecular complexity index is 1080. The second kappa shape index (κ2) is 7.31. The Morgan fingerprint density at radius 1 is 1.07 bits per heavy atom. The molecule has 0 unspecified atom stereocenters. The van der Waals surface area contributed by atoms with Crippen LogP contribution in [-0.4, -0.2) is 22.5 Å². The van der Waals surface area contributed by atoms with Gasteiger partial charge in [0.05, 0.1) is 22.2 Å². The van der Waals surface area contributed by atoms with Gasteiger partial charge in [0.2, 0.25) is 0 Å². The zero-order chi connectivity index (χ0) is 20.5. The van der Waals surface area contributed by atoms with Gasteiger partial charge in [0.15, 0.2) is 5.96 Å². The summed E-state index contributed by atoms with van der Waals surface area (Å²) in [6, 6.07) is 15.1. The number of amides is 1. The predicted molar refractivity (Wildman–Crippen MR) is 112 cm³/mol. The summed E-state index contributed by atoms with van der Waals surface area (Å²) in [5, 5.41) is 0.588. The molecular weight excluding hydrogens is 352 g/mol. The van der Waals surface area contributed by atoms with Crippen molar-refractivity contribution in [1.29, 1.82) is 0 Å². The number of carbonyl (C=O) groups excluding carboxylic acids is 1. The van der Waals surface area contributed by atoms with E-state index < -0.39 is 11.5 Å². The zero-order valence-electron chi connectivity index (χ0n) is 16.5. The Balaban J connectivity index is 2.33. The molecule has 6 heteroatoms. The van der Waals surface area contributed by atoms with Crippen LogP contribution in [0.15, 0.2) is 53.5 Å². The van der Waals surface area contributed by atoms with Crippen molar-refractivity contribution < 1.29 is 9.53 Å². The molecule has 0 aliphatic rings. The number of aliphatic imine (C=N–C) groups is 1. The van der Waals surface area contributed by atoms with E-state index in [2.05, 4.69) is 4.99 Å². The number of pyridine rings is 1. The molecule has 1 heterocycles. The molecule has 4 N–H and O–H groups in total. The first-order valence-electron chi connectivity index (χ1n) is 8.98. The molecule has 2 aromatic carbocycles. The van der Waals surface area contributed by atoms with Gasteiger partial charge >= 0.3 is 0 Å². The number of aromatic nitrogens is 1. The van der Waals surface area contributed by atoms with Gasteiger partial charge in [-0.3, -0.25) is 4.79 Å². The second-order valence-electron chi connectivity index (χ2n) is 7.58. The number of hydrogen-bond acceptors (Lipinski definition) is 3. The quantitative estimate of drug-likeness (QED) is 0.534. The summed E-state index contributed by atoms with van der Waals surface area (Å²) in [5.41, 5.74) is 14.1. The van der Waals surface area contributed by atoms with Crippen molar-refractivity contribution in [3.63, 3.8) is 0 Å². The SMILES string of the molecule is Cc1ccccc1-c1cc(C(=O)N=C(N)N)c2c(OC(C)(C)C)cccc2n1. The van der Waals surface area contributed by atoms with Gasteiger partial charge in [0.1, 0.15) is 11.4 Å². The first-order chi connectivity index (χ1) is 13.2. The lowest BCUT2D eigenvalue weighted by atomic mass is 10.00. The molecule has 0 bridgehead atoms. The lowest BCUT2D eigenvalue weighted by Crippen LogP contribution is -2.25. The maximum absolute atomic E-state index is 12.8. The van der Waals surface area contributed by atoms with Crippen LogP contribution in [-0.2, 0) is 0 Å². The van der Waals surface area contributed by atoms with Crippen LogP contribution in [0.25, 0.3) is 22.2 Å². The summed E-state index contributed by atoms with van der Waals surface area (Å²) < 4.78 is 6.08. The molecule has 28 heavy (non-hydrogen) atoms. The molecule has 1 amide bonds. The smallest absolute Gasteiger partial charge is 0.281 e. The number of nitrogens with zero attached hydrogens (tertiary/aromatic N) is 2. The highest BCUT2D eigenvalue weighted by atomic mass is 16.5. The fourth-order valence-electron chi connectivity index (χ4n) is 3.01. The monoisotopic (exact) mass is 376 g/mol. The highest BCUT2D eigenvalue weighted by molar-refractivity contribution is 6.12. The Morgan fingerprint density at radius 2 is 1.79 bits per heavy atom. The maximum atomic E-state index is 12.8. The predicted octanol–water partition coefficient (Wildman–Crippen LogP) is 3.80. The van der Waals surface area contributed by atoms with E-state index in [0.29, 0.717) is 27.9 Å². The van der Waals surface area contributed by atoms with E-state index in [9.17, 15) is 4.79 Å². The van der Waals surface area contributed by atoms with Crippen LogP contribution < -0.4 is 16.2 Å². The summed E-state index contributed by atoms with van der Waals surface area (Å²) in [4.78, 5) is 21.3. The van der Waals surface area contributed by atoms with Crippen molar-refractivity contribution in [3.05, 3.63) is 59.7 Å². The van der Waals surface area contributed by atoms with E-state index >= 15 is 0 Å². The van der Waals surface area contributed by atoms with Gasteiger partial charge in [-0.1, -0.05) is 30.3 Å². The molecular formula is C22H24N4O2. The van der Waals surface area contributed by atoms with Crippen LogP contribution >= 0.6 is 0 Å². The van der Waals surface area contributed by atoms with E-state index in [1.54, 1.807) is 6.07 Å². The van der Waals surface area contributed by atoms with Gasteiger partial charge in [-0.25, -0.2) is 4.98 Å². The third-order valence-electron chi connectivity index (χ3n) is 4.09. The summed E-state index contributed by atoms with van der Waals surface area (Å²) in [6.45, 7) is 7.83. The number of guanidine groups is 1. The number of benzene rings is 2. The van der Waals surface area contributed by atoms with Gasteiger partial charge in [0.25, 0.3) is 5.91 Å². The van der Waals surface area contributed by atoms with Crippen molar-refractivity contribution in [2.24, 2.45) is 16.5 Å². The van der Waals surface area contributed by atoms with Gasteiger partial charge in [-0.2, -0.15) is 4.99 Å². The van der Waals surface area contributed by atoms with Crippen molar-refractivity contribution in [3.8, 4) is 17.0 Å². The zero-order valence-corrected chi connectivity index (χ0v) is 16.5. The molecule has 0 fully saturated rings. The summed E-state index contributed by atoms with van der Waals surface area (Å²) >= 11 is 0. The first kappa shape index (κ1) is 19.4. The van der Waals surface area contributed by atoms with E-state index in [1.807, 2.05) is 70.2 Å². The number of rotatable bonds is 3. The Kier molecular flexibility index (Phi) is 5.05. The molecule has 3 aromatic rings. The lowest BCUT2D eigenvalue weighted by molar-refractivity contribution is 0.100. The maximum Gasteiger partial charge on any atom is 0.281 e. The Labute approximate surface area is 164 Å². The number of carbonyl (C=O) groups is 1. The van der Waals surface area contributed by atoms with Gasteiger partial charge in [0, 0.05) is 5.56 Å². The van der Waals surface area contributed by atoms with Crippen LogP contribution in [0.3, 0.4) is 0 Å². The molecule has 0 spiro atoms. The molecule has 6 nitrogen and oxygen atoms in total. The summed E-state index contributed by atoms with van der Waals surface area (Å²) in [7, 11) is 0. The van der Waals surface area contributed by atoms with Crippen LogP contribution in [0, 0.1) is 6.92 Å². The third-order valence-corrected chi connectivity index (χ3v) is 4.09. The van der Waals surface area contributed by atoms with Crippen molar-refractivity contribution >= 4 is 22.8 Å². The topological polar surface area (TPSA) is 104 Å². The van der Waals surface area contributed by atoms with Crippen LogP contribution in [0.1, 0.15) is 36.7 Å². The average Bonchev–Trinajstić information content (AvgIpc) is 2.59. The minimum Gasteiger partial charge on any atom is -0.487 e. The van der Waals surface area contributed by atoms with E-state index in [1.165, 1.54) is 0 Å². The average molecular weight is 376 g/mol. The highest BCUT2D eigenvalue weighted by Gasteiger charge is 2.21. The minimum atomic E-state index is -0.535. The number of ether oxygens (including phenoxy) is 1. The fraction of sp³-hybridized carbons (Fsp3) is 0.227. The molecule has 0 saturated heterocycles. The molecule has 0 aliphatic carbocycles. The molecule has 0 atom stereocenters. The number of hydrogen-bond donors (Lipinski definition) is 2. The largest absolute Gasteiger partial charge is 0.487 e. The van der Waals surface area contributed by atoms with Gasteiger partial charge in [-0.15, -0.1) is 0 Å². The van der Waals surface area contributed by atoms with Crippen molar-refractivity contribution in [2.45, 2.75) is 33.3 Å². The molecule has 0 aliphatic heterocycles. The first-order valence-corrected chi connectivity index (χ1v) is 8.98. The van der Waals surface area contributed by atoms with E-state index in [-0.39, 0.29) is 5.96 Å². The van der Waals surface area contributed by atoms with Gasteiger partial charge in [-0.05, 0) is 51.5 Å². The molecule has 0 radical (unpaired) electrons. The molecule has 3 rings (SSSR count). The van der Waals surface area contributed by atoms with E-state index in [0.717, 1.165) is 11.1 Å². The van der Waals surface area contributed by atoms with Crippen LogP contribution in [0.2, 0.25) is 0 Å². The standard InChI is InChI=1S/C22H24N4O2/c1-13-8-5-6-9-14(13)17-12-15(20(27)26-21(23)24)19-16(25-17)10-7-11-18(19)28-22(2,3)4/h5-12H,1-4H3,(H4,23,24,26,27). The fourth-order valence-corrected chi connectivity index (χ4v) is 3.01. The second-order valence-corrected chi connectivity index (χ2v) is 7.58. The Morgan fingerprint density at radius 3 is 2.43 bits per heavy atom. The molecule has 1 aromatic heterocycles. The van der Waals surface area contributed by atoms with Gasteiger partial charge < -0.3 is 16.2 Å². The summed E-state index contributed by atoms with van der Waals surface area (Å²) in [6.07, 6.45) is 0. The third kappa shape index (κ3) is 4.11. The van der Waals surface area contributed by atoms with E-state index in [4.69, 9.17) is 21.2 Å². The molecule has 144 valence electrons. The van der Waals surface area contributed by atoms with Crippen molar-refractivity contribution in [2.75, 3.05) is 0 Å². The highest BCUT2D eigenvalue weighted by Crippen LogP contribution is 2.34. The van der Waals surface area contributed by atoms with Crippen molar-refractivity contribution in [1.82, 2.24) is 4.98 Å². The number of nitrogens with two attached hydrogens (primary N) is 2. The summed E-state index contributed by atoms with van der Waals surface area (Å²) in [5.74, 6) is -0.267.